The zero-order chi connectivity index (χ0) is 27.1. The van der Waals surface area contributed by atoms with E-state index >= 15 is 0 Å². The van der Waals surface area contributed by atoms with E-state index in [1.54, 1.807) is 18.2 Å². The Balaban J connectivity index is 1.43. The largest absolute Gasteiger partial charge is 0.497 e. The van der Waals surface area contributed by atoms with Gasteiger partial charge in [-0.25, -0.2) is 4.90 Å². The minimum atomic E-state index is -2.01. The lowest BCUT2D eigenvalue weighted by Crippen LogP contribution is -2.50. The van der Waals surface area contributed by atoms with Gasteiger partial charge in [0, 0.05) is 11.6 Å². The molecule has 1 saturated heterocycles. The Morgan fingerprint density at radius 2 is 1.41 bits per heavy atom. The number of amides is 3. The maximum atomic E-state index is 13.5. The molecule has 3 aliphatic rings. The summed E-state index contributed by atoms with van der Waals surface area (Å²) in [6.45, 7) is 0. The molecule has 2 aliphatic carbocycles. The SMILES string of the molecule is COc1ccc(OC)c(NC(=O)c2ccc(N3C(=O)[C@@H]4[C@@H](C3=O)[C@@]3(Cl)C(Cl)=C(Cl)[C@@]4(Cl)C3(Cl)Cl)cc2)c1. The second-order valence-electron chi connectivity index (χ2n) is 8.66. The minimum absolute atomic E-state index is 0.167. The number of nitrogens with zero attached hydrogens (tertiary/aromatic N) is 1. The zero-order valence-corrected chi connectivity index (χ0v) is 23.5. The quantitative estimate of drug-likeness (QED) is 0.330. The van der Waals surface area contributed by atoms with E-state index in [0.717, 1.165) is 4.90 Å². The van der Waals surface area contributed by atoms with Gasteiger partial charge in [0.1, 0.15) is 21.2 Å². The smallest absolute Gasteiger partial charge is 0.255 e. The predicted octanol–water partition coefficient (Wildman–Crippen LogP) is 5.91. The molecule has 1 saturated carbocycles. The number of hydrogen-bond donors (Lipinski definition) is 1. The Hall–Kier alpha value is -1.87. The number of halogens is 6. The van der Waals surface area contributed by atoms with E-state index < -0.39 is 43.6 Å². The van der Waals surface area contributed by atoms with Gasteiger partial charge in [-0.2, -0.15) is 0 Å². The van der Waals surface area contributed by atoms with Crippen molar-refractivity contribution in [2.24, 2.45) is 11.8 Å². The first-order valence-corrected chi connectivity index (χ1v) is 13.0. The monoisotopic (exact) mass is 622 g/mol. The summed E-state index contributed by atoms with van der Waals surface area (Å²) in [5.74, 6) is -3.34. The van der Waals surface area contributed by atoms with Gasteiger partial charge >= 0.3 is 0 Å². The molecule has 194 valence electrons. The fourth-order valence-electron chi connectivity index (χ4n) is 5.12. The number of imide groups is 1. The number of fused-ring (bicyclic) bond motifs is 5. The topological polar surface area (TPSA) is 84.9 Å². The van der Waals surface area contributed by atoms with Gasteiger partial charge in [-0.15, -0.1) is 23.2 Å². The number of nitrogens with one attached hydrogen (secondary N) is 1. The van der Waals surface area contributed by atoms with Crippen LogP contribution >= 0.6 is 69.6 Å². The molecular weight excluding hydrogens is 609 g/mol. The molecule has 13 heteroatoms. The van der Waals surface area contributed by atoms with Crippen molar-refractivity contribution in [3.8, 4) is 11.5 Å². The Kier molecular flexibility index (Phi) is 6.38. The Morgan fingerprint density at radius 1 is 0.865 bits per heavy atom. The van der Waals surface area contributed by atoms with E-state index in [1.165, 1.54) is 38.5 Å². The molecule has 37 heavy (non-hydrogen) atoms. The van der Waals surface area contributed by atoms with E-state index in [0.29, 0.717) is 17.2 Å². The summed E-state index contributed by atoms with van der Waals surface area (Å²) < 4.78 is 8.47. The van der Waals surface area contributed by atoms with Gasteiger partial charge in [0.25, 0.3) is 5.91 Å². The predicted molar refractivity (Wildman–Crippen MR) is 144 cm³/mol. The molecule has 2 aromatic carbocycles. The Morgan fingerprint density at radius 3 is 1.89 bits per heavy atom. The van der Waals surface area contributed by atoms with Crippen LogP contribution in [0.2, 0.25) is 0 Å². The van der Waals surface area contributed by atoms with Gasteiger partial charge in [0.2, 0.25) is 11.8 Å². The normalized spacial score (nSPS) is 29.6. The average Bonchev–Trinajstić information content (AvgIpc) is 3.27. The second-order valence-corrected chi connectivity index (χ2v) is 11.9. The molecule has 1 aliphatic heterocycles. The van der Waals surface area contributed by atoms with Crippen LogP contribution in [-0.4, -0.2) is 46.0 Å². The molecule has 7 nitrogen and oxygen atoms in total. The van der Waals surface area contributed by atoms with Crippen molar-refractivity contribution >= 4 is 98.7 Å². The highest BCUT2D eigenvalue weighted by Crippen LogP contribution is 2.77. The third kappa shape index (κ3) is 3.31. The number of rotatable bonds is 5. The first-order chi connectivity index (χ1) is 17.4. The van der Waals surface area contributed by atoms with Crippen molar-refractivity contribution in [1.29, 1.82) is 0 Å². The lowest BCUT2D eigenvalue weighted by Gasteiger charge is -2.34. The molecule has 5 rings (SSSR count). The minimum Gasteiger partial charge on any atom is -0.497 e. The van der Waals surface area contributed by atoms with E-state index in [1.807, 2.05) is 0 Å². The van der Waals surface area contributed by atoms with Crippen LogP contribution in [0.4, 0.5) is 11.4 Å². The van der Waals surface area contributed by atoms with Gasteiger partial charge < -0.3 is 14.8 Å². The van der Waals surface area contributed by atoms with Crippen molar-refractivity contribution in [2.45, 2.75) is 14.1 Å². The Labute approximate surface area is 241 Å². The van der Waals surface area contributed by atoms with E-state index in [2.05, 4.69) is 5.32 Å². The van der Waals surface area contributed by atoms with Crippen molar-refractivity contribution in [3.05, 3.63) is 58.1 Å². The summed E-state index contributed by atoms with van der Waals surface area (Å²) in [6.07, 6.45) is 0. The summed E-state index contributed by atoms with van der Waals surface area (Å²) in [7, 11) is 2.98. The second kappa shape index (κ2) is 8.83. The molecule has 3 amide bonds. The third-order valence-corrected chi connectivity index (χ3v) is 11.2. The maximum absolute atomic E-state index is 13.5. The summed E-state index contributed by atoms with van der Waals surface area (Å²) in [5.41, 5.74) is 0.849. The molecule has 0 aromatic heterocycles. The number of carbonyl (C=O) groups excluding carboxylic acids is 3. The fraction of sp³-hybridized carbons (Fsp3) is 0.292. The Bertz CT molecular complexity index is 1350. The third-order valence-electron chi connectivity index (χ3n) is 6.95. The molecule has 0 unspecified atom stereocenters. The molecule has 4 atom stereocenters. The number of carbonyl (C=O) groups is 3. The fourth-order valence-corrected chi connectivity index (χ4v) is 8.05. The standard InChI is InChI=1S/C24H16Cl6N2O5/c1-36-12-7-8-14(37-2)13(9-12)31-19(33)10-3-5-11(6-4-10)32-20(34)15-16(21(32)35)23(28)18(26)17(25)22(15,27)24(23,29)30/h3-9,15-16H,1-2H3,(H,31,33)/t15-,16-,22+,23+/m0/s1. The van der Waals surface area contributed by atoms with Gasteiger partial charge in [-0.3, -0.25) is 14.4 Å². The van der Waals surface area contributed by atoms with E-state index in [4.69, 9.17) is 79.1 Å². The van der Waals surface area contributed by atoms with Gasteiger partial charge in [-0.05, 0) is 36.4 Å². The molecule has 2 bridgehead atoms. The van der Waals surface area contributed by atoms with Gasteiger partial charge in [0.15, 0.2) is 4.33 Å². The highest BCUT2D eigenvalue weighted by atomic mass is 35.5. The summed E-state index contributed by atoms with van der Waals surface area (Å²) in [5, 5.41) is 2.42. The number of hydrogen-bond acceptors (Lipinski definition) is 5. The van der Waals surface area contributed by atoms with Crippen LogP contribution in [0.25, 0.3) is 0 Å². The number of allylic oxidation sites excluding steroid dienone is 2. The molecule has 0 spiro atoms. The average molecular weight is 625 g/mol. The summed E-state index contributed by atoms with van der Waals surface area (Å²) >= 11 is 39.1. The van der Waals surface area contributed by atoms with Crippen LogP contribution in [0.5, 0.6) is 11.5 Å². The zero-order valence-electron chi connectivity index (χ0n) is 19.0. The number of anilines is 2. The highest BCUT2D eigenvalue weighted by Gasteiger charge is 2.87. The molecule has 2 fully saturated rings. The molecule has 0 radical (unpaired) electrons. The number of methoxy groups -OCH3 is 2. The molecule has 1 heterocycles. The van der Waals surface area contributed by atoms with Gasteiger partial charge in [-0.1, -0.05) is 46.4 Å². The molecule has 2 aromatic rings. The van der Waals surface area contributed by atoms with Crippen LogP contribution in [0.3, 0.4) is 0 Å². The number of ether oxygens (including phenoxy) is 2. The van der Waals surface area contributed by atoms with Crippen molar-refractivity contribution in [3.63, 3.8) is 0 Å². The van der Waals surface area contributed by atoms with Crippen LogP contribution in [0.1, 0.15) is 10.4 Å². The number of benzene rings is 2. The lowest BCUT2D eigenvalue weighted by atomic mass is 9.84. The molecule has 1 N–H and O–H groups in total. The van der Waals surface area contributed by atoms with Crippen LogP contribution in [-0.2, 0) is 9.59 Å². The first kappa shape index (κ1) is 26.7. The molecular formula is C24H16Cl6N2O5. The summed E-state index contributed by atoms with van der Waals surface area (Å²) in [6, 6.07) is 10.8. The number of alkyl halides is 4. The van der Waals surface area contributed by atoms with Crippen LogP contribution in [0, 0.1) is 11.8 Å². The lowest BCUT2D eigenvalue weighted by molar-refractivity contribution is -0.123. The maximum Gasteiger partial charge on any atom is 0.255 e. The van der Waals surface area contributed by atoms with Gasteiger partial charge in [0.05, 0.1) is 47.5 Å². The van der Waals surface area contributed by atoms with E-state index in [9.17, 15) is 14.4 Å². The summed E-state index contributed by atoms with van der Waals surface area (Å²) in [4.78, 5) is 37.0. The van der Waals surface area contributed by atoms with Crippen molar-refractivity contribution in [1.82, 2.24) is 0 Å². The highest BCUT2D eigenvalue weighted by molar-refractivity contribution is 6.67. The van der Waals surface area contributed by atoms with Crippen LogP contribution < -0.4 is 19.7 Å². The van der Waals surface area contributed by atoms with Crippen molar-refractivity contribution in [2.75, 3.05) is 24.4 Å². The van der Waals surface area contributed by atoms with E-state index in [-0.39, 0.29) is 21.3 Å². The van der Waals surface area contributed by atoms with Crippen LogP contribution in [0.15, 0.2) is 52.5 Å². The first-order valence-electron chi connectivity index (χ1n) is 10.7. The van der Waals surface area contributed by atoms with Crippen molar-refractivity contribution < 1.29 is 23.9 Å².